The van der Waals surface area contributed by atoms with Gasteiger partial charge in [0.25, 0.3) is 5.91 Å². The second-order valence-corrected chi connectivity index (χ2v) is 7.61. The number of carboxylic acids is 1. The van der Waals surface area contributed by atoms with Crippen molar-refractivity contribution in [2.75, 3.05) is 18.5 Å². The summed E-state index contributed by atoms with van der Waals surface area (Å²) in [6, 6.07) is 20.8. The Hall–Kier alpha value is -4.20. The van der Waals surface area contributed by atoms with E-state index in [0.29, 0.717) is 6.42 Å². The molecule has 0 bridgehead atoms. The Balaban J connectivity index is 1.35. The van der Waals surface area contributed by atoms with Gasteiger partial charge in [-0.25, -0.2) is 9.78 Å². The number of aromatic nitrogens is 1. The van der Waals surface area contributed by atoms with Crippen molar-refractivity contribution >= 4 is 23.8 Å². The van der Waals surface area contributed by atoms with Crippen LogP contribution in [0.5, 0.6) is 0 Å². The van der Waals surface area contributed by atoms with Crippen molar-refractivity contribution in [1.29, 1.82) is 0 Å². The van der Waals surface area contributed by atoms with E-state index < -0.39 is 18.0 Å². The lowest BCUT2D eigenvalue weighted by Gasteiger charge is -2.14. The van der Waals surface area contributed by atoms with Gasteiger partial charge in [0.05, 0.1) is 0 Å². The predicted octanol–water partition coefficient (Wildman–Crippen LogP) is 4.04. The first kappa shape index (κ1) is 22.0. The fraction of sp³-hybridized carbons (Fsp3) is 0.200. The maximum Gasteiger partial charge on any atom is 0.412 e. The third-order valence-electron chi connectivity index (χ3n) is 5.41. The quantitative estimate of drug-likeness (QED) is 0.451. The molecule has 8 nitrogen and oxygen atoms in total. The van der Waals surface area contributed by atoms with Crippen LogP contribution < -0.4 is 10.6 Å². The molecule has 1 heterocycles. The number of rotatable bonds is 8. The molecular formula is C25H23N3O5. The Labute approximate surface area is 190 Å². The summed E-state index contributed by atoms with van der Waals surface area (Å²) in [5, 5.41) is 13.8. The van der Waals surface area contributed by atoms with Crippen LogP contribution in [0.15, 0.2) is 66.7 Å². The summed E-state index contributed by atoms with van der Waals surface area (Å²) in [5.41, 5.74) is 4.64. The lowest BCUT2D eigenvalue weighted by Crippen LogP contribution is -2.26. The van der Waals surface area contributed by atoms with Crippen LogP contribution in [0.3, 0.4) is 0 Å². The number of nitrogens with zero attached hydrogens (tertiary/aromatic N) is 1. The van der Waals surface area contributed by atoms with Crippen LogP contribution in [-0.4, -0.2) is 41.2 Å². The highest BCUT2D eigenvalue weighted by atomic mass is 16.5. The Morgan fingerprint density at radius 1 is 0.909 bits per heavy atom. The van der Waals surface area contributed by atoms with Crippen molar-refractivity contribution in [3.63, 3.8) is 0 Å². The molecule has 0 fully saturated rings. The molecule has 0 saturated heterocycles. The van der Waals surface area contributed by atoms with Crippen LogP contribution in [0, 0.1) is 0 Å². The molecule has 0 aliphatic heterocycles. The molecule has 1 aromatic heterocycles. The zero-order valence-electron chi connectivity index (χ0n) is 17.8. The van der Waals surface area contributed by atoms with Crippen LogP contribution in [0.25, 0.3) is 11.1 Å². The number of carbonyl (C=O) groups is 3. The molecule has 1 aliphatic carbocycles. The maximum atomic E-state index is 12.4. The average molecular weight is 445 g/mol. The Bertz CT molecular complexity index is 1150. The normalized spacial score (nSPS) is 11.9. The number of aliphatic carboxylic acids is 1. The molecule has 0 atom stereocenters. The van der Waals surface area contributed by atoms with Crippen molar-refractivity contribution in [1.82, 2.24) is 10.3 Å². The number of anilines is 1. The van der Waals surface area contributed by atoms with Crippen LogP contribution in [0.2, 0.25) is 0 Å². The molecule has 0 unspecified atom stereocenters. The van der Waals surface area contributed by atoms with E-state index in [1.54, 1.807) is 12.1 Å². The van der Waals surface area contributed by atoms with Crippen LogP contribution in [-0.2, 0) is 9.53 Å². The summed E-state index contributed by atoms with van der Waals surface area (Å²) < 4.78 is 5.50. The first-order valence-electron chi connectivity index (χ1n) is 10.6. The maximum absolute atomic E-state index is 12.4. The van der Waals surface area contributed by atoms with Gasteiger partial charge >= 0.3 is 12.1 Å². The van der Waals surface area contributed by atoms with Crippen molar-refractivity contribution in [3.05, 3.63) is 83.6 Å². The highest BCUT2D eigenvalue weighted by Crippen LogP contribution is 2.44. The predicted molar refractivity (Wildman–Crippen MR) is 122 cm³/mol. The topological polar surface area (TPSA) is 118 Å². The number of nitrogens with one attached hydrogen (secondary N) is 2. The zero-order chi connectivity index (χ0) is 23.2. The monoisotopic (exact) mass is 445 g/mol. The molecule has 33 heavy (non-hydrogen) atoms. The van der Waals surface area contributed by atoms with Crippen molar-refractivity contribution in [3.8, 4) is 11.1 Å². The summed E-state index contributed by atoms with van der Waals surface area (Å²) in [6.45, 7) is 0.389. The van der Waals surface area contributed by atoms with Crippen LogP contribution in [0.4, 0.5) is 10.6 Å². The summed E-state index contributed by atoms with van der Waals surface area (Å²) in [6.07, 6.45) is -0.376. The molecule has 0 saturated carbocycles. The summed E-state index contributed by atoms with van der Waals surface area (Å²) in [5.74, 6) is -1.24. The minimum absolute atomic E-state index is 0.0307. The SMILES string of the molecule is O=C(O)CCCNC(=O)c1cccc(NC(=O)OCC2c3ccccc3-c3ccccc32)n1. The zero-order valence-corrected chi connectivity index (χ0v) is 17.8. The van der Waals surface area contributed by atoms with E-state index >= 15 is 0 Å². The Morgan fingerprint density at radius 2 is 1.58 bits per heavy atom. The molecule has 1 aliphatic rings. The van der Waals surface area contributed by atoms with Crippen molar-refractivity contribution in [2.45, 2.75) is 18.8 Å². The molecule has 2 amide bonds. The number of hydrogen-bond donors (Lipinski definition) is 3. The number of pyridine rings is 1. The van der Waals surface area contributed by atoms with E-state index in [4.69, 9.17) is 9.84 Å². The molecular weight excluding hydrogens is 422 g/mol. The van der Waals surface area contributed by atoms with Crippen LogP contribution in [0.1, 0.15) is 40.4 Å². The smallest absolute Gasteiger partial charge is 0.412 e. The summed E-state index contributed by atoms with van der Waals surface area (Å²) in [4.78, 5) is 39.3. The number of benzene rings is 2. The third-order valence-corrected chi connectivity index (χ3v) is 5.41. The molecule has 0 spiro atoms. The number of carbonyl (C=O) groups excluding carboxylic acids is 2. The first-order valence-corrected chi connectivity index (χ1v) is 10.6. The Kier molecular flexibility index (Phi) is 6.64. The van der Waals surface area contributed by atoms with E-state index in [1.165, 1.54) is 6.07 Å². The number of ether oxygens (including phenoxy) is 1. The van der Waals surface area contributed by atoms with Crippen molar-refractivity contribution in [2.24, 2.45) is 0 Å². The van der Waals surface area contributed by atoms with Crippen molar-refractivity contribution < 1.29 is 24.2 Å². The van der Waals surface area contributed by atoms with Gasteiger partial charge in [0.2, 0.25) is 0 Å². The van der Waals surface area contributed by atoms with Gasteiger partial charge in [-0.2, -0.15) is 0 Å². The molecule has 8 heteroatoms. The molecule has 168 valence electrons. The standard InChI is InChI=1S/C25H23N3O5/c29-23(30)13-6-14-26-24(31)21-11-5-12-22(27-21)28-25(32)33-15-20-18-9-3-1-7-16(18)17-8-2-4-10-19(17)20/h1-5,7-12,20H,6,13-15H2,(H,26,31)(H,29,30)(H,27,28,32). The summed E-state index contributed by atoms with van der Waals surface area (Å²) in [7, 11) is 0. The fourth-order valence-corrected chi connectivity index (χ4v) is 3.90. The van der Waals surface area contributed by atoms with Gasteiger partial charge in [0.1, 0.15) is 18.1 Å². The van der Waals surface area contributed by atoms with Gasteiger partial charge in [-0.3, -0.25) is 14.9 Å². The fourth-order valence-electron chi connectivity index (χ4n) is 3.90. The van der Waals surface area contributed by atoms with Gasteiger partial charge in [0.15, 0.2) is 0 Å². The van der Waals surface area contributed by atoms with E-state index in [-0.39, 0.29) is 37.0 Å². The largest absolute Gasteiger partial charge is 0.481 e. The lowest BCUT2D eigenvalue weighted by atomic mass is 9.98. The van der Waals surface area contributed by atoms with E-state index in [0.717, 1.165) is 22.3 Å². The number of hydrogen-bond acceptors (Lipinski definition) is 5. The van der Waals surface area contributed by atoms with E-state index in [9.17, 15) is 14.4 Å². The van der Waals surface area contributed by atoms with Gasteiger partial charge in [-0.15, -0.1) is 0 Å². The molecule has 2 aromatic carbocycles. The lowest BCUT2D eigenvalue weighted by molar-refractivity contribution is -0.137. The number of amides is 2. The van der Waals surface area contributed by atoms with Gasteiger partial charge in [-0.05, 0) is 40.8 Å². The number of fused-ring (bicyclic) bond motifs is 3. The second kappa shape index (κ2) is 9.95. The van der Waals surface area contributed by atoms with Gasteiger partial charge in [0, 0.05) is 18.9 Å². The van der Waals surface area contributed by atoms with Gasteiger partial charge in [-0.1, -0.05) is 54.6 Å². The summed E-state index contributed by atoms with van der Waals surface area (Å²) >= 11 is 0. The second-order valence-electron chi connectivity index (χ2n) is 7.61. The third kappa shape index (κ3) is 5.17. The highest BCUT2D eigenvalue weighted by molar-refractivity contribution is 5.93. The Morgan fingerprint density at radius 3 is 2.24 bits per heavy atom. The van der Waals surface area contributed by atoms with Crippen LogP contribution >= 0.6 is 0 Å². The molecule has 0 radical (unpaired) electrons. The highest BCUT2D eigenvalue weighted by Gasteiger charge is 2.29. The minimum atomic E-state index is -0.920. The van der Waals surface area contributed by atoms with Gasteiger partial charge < -0.3 is 15.2 Å². The molecule has 3 aromatic rings. The number of carboxylic acid groups (broad SMARTS) is 1. The van der Waals surface area contributed by atoms with E-state index in [2.05, 4.69) is 27.8 Å². The molecule has 3 N–H and O–H groups in total. The molecule has 4 rings (SSSR count). The average Bonchev–Trinajstić information content (AvgIpc) is 3.14. The first-order chi connectivity index (χ1) is 16.0. The minimum Gasteiger partial charge on any atom is -0.481 e. The van der Waals surface area contributed by atoms with E-state index in [1.807, 2.05) is 36.4 Å².